The van der Waals surface area contributed by atoms with Gasteiger partial charge in [-0.1, -0.05) is 52.0 Å². The van der Waals surface area contributed by atoms with Crippen molar-refractivity contribution in [2.45, 2.75) is 94.8 Å². The van der Waals surface area contributed by atoms with Crippen molar-refractivity contribution in [3.05, 3.63) is 24.3 Å². The quantitative estimate of drug-likeness (QED) is 0.442. The summed E-state index contributed by atoms with van der Waals surface area (Å²) in [5.74, 6) is -2.17. The molecule has 8 heteroatoms. The van der Waals surface area contributed by atoms with E-state index in [4.69, 9.17) is 4.74 Å². The van der Waals surface area contributed by atoms with Crippen LogP contribution in [0.4, 0.5) is 0 Å². The maximum Gasteiger partial charge on any atom is 0.311 e. The van der Waals surface area contributed by atoms with Crippen LogP contribution < -0.4 is 0 Å². The molecule has 2 saturated heterocycles. The Labute approximate surface area is 219 Å². The lowest BCUT2D eigenvalue weighted by Gasteiger charge is -2.45. The number of rotatable bonds is 5. The van der Waals surface area contributed by atoms with Crippen LogP contribution in [0.25, 0.3) is 0 Å². The van der Waals surface area contributed by atoms with Gasteiger partial charge in [-0.3, -0.25) is 14.4 Å². The highest BCUT2D eigenvalue weighted by Crippen LogP contribution is 2.65. The zero-order valence-electron chi connectivity index (χ0n) is 22.7. The van der Waals surface area contributed by atoms with Gasteiger partial charge < -0.3 is 19.6 Å². The van der Waals surface area contributed by atoms with Gasteiger partial charge in [-0.2, -0.15) is 0 Å². The standard InChI is InChI=1S/C28H42N2O5S/c1-8-18(16-31)30-21-23(33)29(26(5,6)17-25(2,3)4)14-11-13-28(21)19(22(30)32)20-24(34)35-15-10-9-12-27(20,7)36-28/h9,11-13,18-21,31H,8,10,14-17H2,1-7H3/t18-,19-,20+,21?,27-,28-/m0/s1. The van der Waals surface area contributed by atoms with E-state index in [0.29, 0.717) is 19.4 Å². The monoisotopic (exact) mass is 518 g/mol. The molecule has 0 aromatic heterocycles. The summed E-state index contributed by atoms with van der Waals surface area (Å²) < 4.78 is 3.99. The minimum atomic E-state index is -0.920. The van der Waals surface area contributed by atoms with E-state index in [1.807, 2.05) is 43.1 Å². The van der Waals surface area contributed by atoms with Crippen molar-refractivity contribution in [2.75, 3.05) is 19.8 Å². The number of amides is 2. The second kappa shape index (κ2) is 9.19. The number of carbonyl (C=O) groups is 3. The van der Waals surface area contributed by atoms with Crippen LogP contribution in [0.2, 0.25) is 0 Å². The Balaban J connectivity index is 1.88. The number of likely N-dealkylation sites (tertiary alicyclic amines) is 1. The van der Waals surface area contributed by atoms with E-state index in [-0.39, 0.29) is 36.4 Å². The molecule has 0 aromatic rings. The van der Waals surface area contributed by atoms with Gasteiger partial charge in [0.25, 0.3) is 0 Å². The number of hydrogen-bond donors (Lipinski definition) is 1. The Kier molecular flexibility index (Phi) is 6.95. The van der Waals surface area contributed by atoms with E-state index in [1.165, 1.54) is 0 Å². The number of hydrogen-bond acceptors (Lipinski definition) is 6. The first kappa shape index (κ1) is 27.2. The van der Waals surface area contributed by atoms with Crippen LogP contribution in [0.3, 0.4) is 0 Å². The van der Waals surface area contributed by atoms with Crippen LogP contribution in [0.15, 0.2) is 24.3 Å². The number of cyclic esters (lactones) is 1. The van der Waals surface area contributed by atoms with E-state index in [0.717, 1.165) is 6.42 Å². The SMILES string of the molecule is CC[C@@H](CO)N1C(=O)[C@@H]2[C@@H]3C(=O)OCCC=C[C@]3(C)S[C@@]23C=CCN(C(C)(C)CC(C)(C)C)C(=O)C13. The molecule has 200 valence electrons. The predicted molar refractivity (Wildman–Crippen MR) is 141 cm³/mol. The highest BCUT2D eigenvalue weighted by Gasteiger charge is 2.74. The molecule has 4 rings (SSSR count). The second-order valence-corrected chi connectivity index (χ2v) is 14.5. The molecule has 0 radical (unpaired) electrons. The highest BCUT2D eigenvalue weighted by molar-refractivity contribution is 8.02. The van der Waals surface area contributed by atoms with Crippen LogP contribution >= 0.6 is 11.8 Å². The Morgan fingerprint density at radius 2 is 1.81 bits per heavy atom. The third-order valence-electron chi connectivity index (χ3n) is 8.23. The molecular weight excluding hydrogens is 476 g/mol. The molecule has 4 aliphatic heterocycles. The lowest BCUT2D eigenvalue weighted by atomic mass is 9.74. The van der Waals surface area contributed by atoms with Crippen LogP contribution in [0.5, 0.6) is 0 Å². The molecule has 1 spiro atoms. The van der Waals surface area contributed by atoms with Gasteiger partial charge in [-0.25, -0.2) is 0 Å². The number of esters is 1. The third kappa shape index (κ3) is 4.22. The molecule has 1 N–H and O–H groups in total. The number of carbonyl (C=O) groups excluding carboxylic acids is 3. The molecule has 2 fully saturated rings. The van der Waals surface area contributed by atoms with E-state index < -0.39 is 39.0 Å². The maximum atomic E-state index is 14.6. The summed E-state index contributed by atoms with van der Waals surface area (Å²) in [6, 6.07) is -1.30. The Bertz CT molecular complexity index is 981. The largest absolute Gasteiger partial charge is 0.465 e. The summed E-state index contributed by atoms with van der Waals surface area (Å²) in [6.45, 7) is 15.0. The molecule has 4 aliphatic rings. The Morgan fingerprint density at radius 3 is 2.42 bits per heavy atom. The number of thioether (sulfide) groups is 1. The summed E-state index contributed by atoms with van der Waals surface area (Å²) in [5, 5.41) is 10.3. The van der Waals surface area contributed by atoms with Crippen molar-refractivity contribution >= 4 is 29.5 Å². The first-order chi connectivity index (χ1) is 16.7. The molecule has 1 unspecified atom stereocenters. The van der Waals surface area contributed by atoms with Crippen LogP contribution in [-0.4, -0.2) is 79.6 Å². The Morgan fingerprint density at radius 1 is 1.11 bits per heavy atom. The molecule has 0 saturated carbocycles. The van der Waals surface area contributed by atoms with E-state index in [2.05, 4.69) is 34.6 Å². The van der Waals surface area contributed by atoms with Crippen molar-refractivity contribution < 1.29 is 24.2 Å². The van der Waals surface area contributed by atoms with E-state index in [9.17, 15) is 19.5 Å². The van der Waals surface area contributed by atoms with Crippen molar-refractivity contribution in [1.29, 1.82) is 0 Å². The van der Waals surface area contributed by atoms with Crippen molar-refractivity contribution in [2.24, 2.45) is 17.3 Å². The minimum Gasteiger partial charge on any atom is -0.465 e. The van der Waals surface area contributed by atoms with Crippen LogP contribution in [-0.2, 0) is 19.1 Å². The normalized spacial score (nSPS) is 35.6. The van der Waals surface area contributed by atoms with Gasteiger partial charge in [0.2, 0.25) is 11.8 Å². The van der Waals surface area contributed by atoms with Gasteiger partial charge in [0.1, 0.15) is 6.04 Å². The molecule has 0 aliphatic carbocycles. The lowest BCUT2D eigenvalue weighted by Crippen LogP contribution is -2.60. The van der Waals surface area contributed by atoms with Gasteiger partial charge in [0, 0.05) is 16.8 Å². The number of aliphatic hydroxyl groups excluding tert-OH is 1. The zero-order chi connectivity index (χ0) is 26.7. The maximum absolute atomic E-state index is 14.6. The fraction of sp³-hybridized carbons (Fsp3) is 0.750. The fourth-order valence-electron chi connectivity index (χ4n) is 7.17. The lowest BCUT2D eigenvalue weighted by molar-refractivity contribution is -0.155. The zero-order valence-corrected chi connectivity index (χ0v) is 23.6. The average molecular weight is 519 g/mol. The summed E-state index contributed by atoms with van der Waals surface area (Å²) in [6.07, 6.45) is 10.0. The van der Waals surface area contributed by atoms with E-state index >= 15 is 0 Å². The number of nitrogens with zero attached hydrogens (tertiary/aromatic N) is 2. The smallest absolute Gasteiger partial charge is 0.311 e. The summed E-state index contributed by atoms with van der Waals surface area (Å²) in [7, 11) is 0. The number of aliphatic hydroxyl groups is 1. The predicted octanol–water partition coefficient (Wildman–Crippen LogP) is 3.56. The third-order valence-corrected chi connectivity index (χ3v) is 10.0. The summed E-state index contributed by atoms with van der Waals surface area (Å²) in [4.78, 5) is 45.7. The van der Waals surface area contributed by atoms with Gasteiger partial charge in [-0.05, 0) is 45.4 Å². The van der Waals surface area contributed by atoms with Crippen molar-refractivity contribution in [1.82, 2.24) is 9.80 Å². The molecule has 36 heavy (non-hydrogen) atoms. The van der Waals surface area contributed by atoms with Gasteiger partial charge in [-0.15, -0.1) is 11.8 Å². The molecular formula is C28H42N2O5S. The van der Waals surface area contributed by atoms with Gasteiger partial charge in [0.15, 0.2) is 0 Å². The summed E-state index contributed by atoms with van der Waals surface area (Å²) >= 11 is 1.55. The molecule has 0 aromatic carbocycles. The minimum absolute atomic E-state index is 0.00215. The fourth-order valence-corrected chi connectivity index (χ4v) is 9.31. The van der Waals surface area contributed by atoms with Gasteiger partial charge in [0.05, 0.1) is 35.8 Å². The molecule has 2 amide bonds. The summed E-state index contributed by atoms with van der Waals surface area (Å²) in [5.41, 5.74) is -0.454. The van der Waals surface area contributed by atoms with Crippen LogP contribution in [0.1, 0.15) is 67.7 Å². The first-order valence-corrected chi connectivity index (χ1v) is 14.0. The highest BCUT2D eigenvalue weighted by atomic mass is 32.2. The first-order valence-electron chi connectivity index (χ1n) is 13.2. The molecule has 6 atom stereocenters. The van der Waals surface area contributed by atoms with Crippen molar-refractivity contribution in [3.8, 4) is 0 Å². The molecule has 0 bridgehead atoms. The Hall–Kier alpha value is -1.80. The van der Waals surface area contributed by atoms with Gasteiger partial charge >= 0.3 is 5.97 Å². The van der Waals surface area contributed by atoms with E-state index in [1.54, 1.807) is 16.7 Å². The van der Waals surface area contributed by atoms with Crippen LogP contribution in [0, 0.1) is 17.3 Å². The molecule has 7 nitrogen and oxygen atoms in total. The number of ether oxygens (including phenoxy) is 1. The molecule has 4 heterocycles. The average Bonchev–Trinajstić information content (AvgIpc) is 3.06. The topological polar surface area (TPSA) is 87.2 Å². The second-order valence-electron chi connectivity index (χ2n) is 12.7. The number of fused-ring (bicyclic) bond motifs is 2. The van der Waals surface area contributed by atoms with Crippen molar-refractivity contribution in [3.63, 3.8) is 0 Å².